The standard InChI is InChI=1S/C6H8O/c1-4-5(2)6(3)7/h1,7H,2-3H3. The Labute approximate surface area is 43.7 Å². The first kappa shape index (κ1) is 6.10. The minimum Gasteiger partial charge on any atom is -0.512 e. The van der Waals surface area contributed by atoms with Crippen LogP contribution in [0.25, 0.3) is 0 Å². The van der Waals surface area contributed by atoms with Gasteiger partial charge in [-0.1, -0.05) is 5.92 Å². The molecule has 0 aliphatic carbocycles. The van der Waals surface area contributed by atoms with Crippen molar-refractivity contribution in [3.63, 3.8) is 0 Å². The highest BCUT2D eigenvalue weighted by Crippen LogP contribution is 1.94. The number of aliphatic hydroxyl groups is 1. The number of allylic oxidation sites excluding steroid dienone is 2. The SMILES string of the molecule is C#CC(C)=C(C)O. The van der Waals surface area contributed by atoms with Crippen molar-refractivity contribution in [2.45, 2.75) is 13.8 Å². The Kier molecular flexibility index (Phi) is 2.01. The molecule has 38 valence electrons. The van der Waals surface area contributed by atoms with Crippen LogP contribution in [0.1, 0.15) is 13.8 Å². The Morgan fingerprint density at radius 1 is 1.57 bits per heavy atom. The first-order valence-electron chi connectivity index (χ1n) is 2.01. The van der Waals surface area contributed by atoms with Gasteiger partial charge in [-0.2, -0.15) is 0 Å². The summed E-state index contributed by atoms with van der Waals surface area (Å²) in [5, 5.41) is 8.56. The van der Waals surface area contributed by atoms with Gasteiger partial charge in [-0.15, -0.1) is 6.42 Å². The zero-order valence-electron chi connectivity index (χ0n) is 4.52. The van der Waals surface area contributed by atoms with Crippen molar-refractivity contribution in [2.75, 3.05) is 0 Å². The van der Waals surface area contributed by atoms with E-state index in [2.05, 4.69) is 5.92 Å². The summed E-state index contributed by atoms with van der Waals surface area (Å²) >= 11 is 0. The molecule has 0 fully saturated rings. The average Bonchev–Trinajstić information content (AvgIpc) is 1.65. The minimum absolute atomic E-state index is 0.225. The zero-order valence-corrected chi connectivity index (χ0v) is 4.52. The Balaban J connectivity index is 4.07. The molecular weight excluding hydrogens is 88.1 g/mol. The van der Waals surface area contributed by atoms with Crippen LogP contribution in [0, 0.1) is 12.3 Å². The van der Waals surface area contributed by atoms with Crippen LogP contribution in [0.5, 0.6) is 0 Å². The van der Waals surface area contributed by atoms with Gasteiger partial charge in [-0.3, -0.25) is 0 Å². The topological polar surface area (TPSA) is 20.2 Å². The number of hydrogen-bond donors (Lipinski definition) is 1. The quantitative estimate of drug-likeness (QED) is 0.357. The Bertz CT molecular complexity index is 122. The molecule has 1 N–H and O–H groups in total. The molecule has 0 spiro atoms. The van der Waals surface area contributed by atoms with E-state index in [-0.39, 0.29) is 5.76 Å². The van der Waals surface area contributed by atoms with Crippen molar-refractivity contribution >= 4 is 0 Å². The summed E-state index contributed by atoms with van der Waals surface area (Å²) < 4.78 is 0. The van der Waals surface area contributed by atoms with E-state index < -0.39 is 0 Å². The summed E-state index contributed by atoms with van der Waals surface area (Å²) in [6.07, 6.45) is 4.91. The number of hydrogen-bond acceptors (Lipinski definition) is 1. The molecule has 1 heteroatoms. The molecule has 0 amide bonds. The minimum atomic E-state index is 0.225. The molecule has 1 nitrogen and oxygen atoms in total. The third-order valence-electron chi connectivity index (χ3n) is 0.759. The first-order chi connectivity index (χ1) is 3.18. The largest absolute Gasteiger partial charge is 0.512 e. The van der Waals surface area contributed by atoms with Crippen molar-refractivity contribution in [2.24, 2.45) is 0 Å². The fourth-order valence-corrected chi connectivity index (χ4v) is 0.104. The fourth-order valence-electron chi connectivity index (χ4n) is 0.104. The lowest BCUT2D eigenvalue weighted by Crippen LogP contribution is -1.74. The van der Waals surface area contributed by atoms with Gasteiger partial charge in [-0.05, 0) is 13.8 Å². The second kappa shape index (κ2) is 2.30. The lowest BCUT2D eigenvalue weighted by atomic mass is 10.3. The van der Waals surface area contributed by atoms with Gasteiger partial charge < -0.3 is 5.11 Å². The zero-order chi connectivity index (χ0) is 5.86. The average molecular weight is 96.1 g/mol. The van der Waals surface area contributed by atoms with Crippen LogP contribution in [0.2, 0.25) is 0 Å². The maximum absolute atomic E-state index is 8.56. The van der Waals surface area contributed by atoms with E-state index in [4.69, 9.17) is 11.5 Å². The lowest BCUT2D eigenvalue weighted by Gasteiger charge is -1.86. The van der Waals surface area contributed by atoms with E-state index in [1.54, 1.807) is 13.8 Å². The molecule has 0 aliphatic heterocycles. The molecule has 0 aromatic carbocycles. The molecule has 0 rings (SSSR count). The molecule has 7 heavy (non-hydrogen) atoms. The molecule has 0 aromatic heterocycles. The maximum Gasteiger partial charge on any atom is 0.100 e. The van der Waals surface area contributed by atoms with Gasteiger partial charge in [0.05, 0.1) is 0 Å². The number of aliphatic hydroxyl groups excluding tert-OH is 1. The molecular formula is C6H8O. The highest BCUT2D eigenvalue weighted by Gasteiger charge is 1.83. The predicted octanol–water partition coefficient (Wildman–Crippen LogP) is 1.47. The van der Waals surface area contributed by atoms with E-state index in [1.165, 1.54) is 0 Å². The van der Waals surface area contributed by atoms with Gasteiger partial charge in [0.2, 0.25) is 0 Å². The Hall–Kier alpha value is -0.900. The molecule has 0 heterocycles. The van der Waals surface area contributed by atoms with E-state index >= 15 is 0 Å². The molecule has 0 radical (unpaired) electrons. The third-order valence-corrected chi connectivity index (χ3v) is 0.759. The molecule has 0 saturated heterocycles. The third kappa shape index (κ3) is 1.88. The summed E-state index contributed by atoms with van der Waals surface area (Å²) in [5.74, 6) is 2.52. The second-order valence-electron chi connectivity index (χ2n) is 1.35. The van der Waals surface area contributed by atoms with Crippen molar-refractivity contribution in [3.8, 4) is 12.3 Å². The van der Waals surface area contributed by atoms with Crippen molar-refractivity contribution in [1.29, 1.82) is 0 Å². The van der Waals surface area contributed by atoms with Crippen LogP contribution in [0.3, 0.4) is 0 Å². The summed E-state index contributed by atoms with van der Waals surface area (Å²) in [4.78, 5) is 0. The van der Waals surface area contributed by atoms with E-state index in [0.717, 1.165) is 0 Å². The normalized spacial score (nSPS) is 12.1. The molecule has 0 aliphatic rings. The van der Waals surface area contributed by atoms with Gasteiger partial charge in [0.25, 0.3) is 0 Å². The lowest BCUT2D eigenvalue weighted by molar-refractivity contribution is 0.410. The summed E-state index contributed by atoms with van der Waals surface area (Å²) in [6, 6.07) is 0. The van der Waals surface area contributed by atoms with Gasteiger partial charge in [0, 0.05) is 5.57 Å². The molecule has 0 atom stereocenters. The van der Waals surface area contributed by atoms with Gasteiger partial charge in [0.1, 0.15) is 5.76 Å². The van der Waals surface area contributed by atoms with Gasteiger partial charge in [0.15, 0.2) is 0 Å². The van der Waals surface area contributed by atoms with Crippen LogP contribution in [-0.2, 0) is 0 Å². The van der Waals surface area contributed by atoms with Crippen LogP contribution >= 0.6 is 0 Å². The van der Waals surface area contributed by atoms with Crippen molar-refractivity contribution < 1.29 is 5.11 Å². The number of terminal acetylenes is 1. The molecule has 0 aromatic rings. The predicted molar refractivity (Wildman–Crippen MR) is 29.8 cm³/mol. The van der Waals surface area contributed by atoms with Crippen LogP contribution < -0.4 is 0 Å². The highest BCUT2D eigenvalue weighted by atomic mass is 16.3. The maximum atomic E-state index is 8.56. The van der Waals surface area contributed by atoms with E-state index in [9.17, 15) is 0 Å². The summed E-state index contributed by atoms with van der Waals surface area (Å²) in [7, 11) is 0. The Morgan fingerprint density at radius 2 is 2.00 bits per heavy atom. The van der Waals surface area contributed by atoms with Crippen LogP contribution in [0.4, 0.5) is 0 Å². The van der Waals surface area contributed by atoms with E-state index in [0.29, 0.717) is 5.57 Å². The Morgan fingerprint density at radius 3 is 2.00 bits per heavy atom. The molecule has 0 saturated carbocycles. The van der Waals surface area contributed by atoms with Gasteiger partial charge >= 0.3 is 0 Å². The fraction of sp³-hybridized carbons (Fsp3) is 0.333. The van der Waals surface area contributed by atoms with Crippen molar-refractivity contribution in [3.05, 3.63) is 11.3 Å². The highest BCUT2D eigenvalue weighted by molar-refractivity contribution is 5.24. The molecule has 0 unspecified atom stereocenters. The second-order valence-corrected chi connectivity index (χ2v) is 1.35. The summed E-state index contributed by atoms with van der Waals surface area (Å²) in [5.41, 5.74) is 0.597. The number of rotatable bonds is 0. The van der Waals surface area contributed by atoms with Gasteiger partial charge in [-0.25, -0.2) is 0 Å². The molecule has 0 bridgehead atoms. The van der Waals surface area contributed by atoms with Crippen molar-refractivity contribution in [1.82, 2.24) is 0 Å². The smallest absolute Gasteiger partial charge is 0.100 e. The monoisotopic (exact) mass is 96.1 g/mol. The van der Waals surface area contributed by atoms with Crippen LogP contribution in [0.15, 0.2) is 11.3 Å². The first-order valence-corrected chi connectivity index (χ1v) is 2.01. The van der Waals surface area contributed by atoms with E-state index in [1.807, 2.05) is 0 Å². The summed E-state index contributed by atoms with van der Waals surface area (Å²) in [6.45, 7) is 3.25. The van der Waals surface area contributed by atoms with Crippen LogP contribution in [-0.4, -0.2) is 5.11 Å².